The zero-order valence-corrected chi connectivity index (χ0v) is 18.6. The third-order valence-electron chi connectivity index (χ3n) is 4.55. The molecule has 0 fully saturated rings. The molecule has 28 heavy (non-hydrogen) atoms. The van der Waals surface area contributed by atoms with Crippen LogP contribution in [-0.4, -0.2) is 26.4 Å². The van der Waals surface area contributed by atoms with Crippen LogP contribution in [0.3, 0.4) is 0 Å². The lowest BCUT2D eigenvalue weighted by molar-refractivity contribution is -0.150. The Kier molecular flexibility index (Phi) is 15.2. The van der Waals surface area contributed by atoms with Gasteiger partial charge in [-0.3, -0.25) is 0 Å². The van der Waals surface area contributed by atoms with Gasteiger partial charge in [0.25, 0.3) is 0 Å². The second kappa shape index (κ2) is 17.0. The Labute approximate surface area is 172 Å². The summed E-state index contributed by atoms with van der Waals surface area (Å²) in [6.07, 6.45) is 8.06. The molecule has 1 aromatic carbocycles. The summed E-state index contributed by atoms with van der Waals surface area (Å²) >= 11 is 0. The monoisotopic (exact) mass is 394 g/mol. The molecule has 1 rings (SSSR count). The van der Waals surface area contributed by atoms with Crippen LogP contribution >= 0.6 is 0 Å². The van der Waals surface area contributed by atoms with Crippen molar-refractivity contribution in [2.24, 2.45) is 0 Å². The lowest BCUT2D eigenvalue weighted by Crippen LogP contribution is -2.13. The third-order valence-corrected chi connectivity index (χ3v) is 4.55. The molecule has 0 aromatic heterocycles. The molecule has 0 aliphatic carbocycles. The van der Waals surface area contributed by atoms with Gasteiger partial charge in [0.2, 0.25) is 0 Å². The van der Waals surface area contributed by atoms with E-state index in [4.69, 9.17) is 18.9 Å². The van der Waals surface area contributed by atoms with Gasteiger partial charge in [0.1, 0.15) is 0 Å². The van der Waals surface area contributed by atoms with Crippen molar-refractivity contribution in [3.05, 3.63) is 35.4 Å². The van der Waals surface area contributed by atoms with Crippen LogP contribution in [0.4, 0.5) is 0 Å². The van der Waals surface area contributed by atoms with Crippen molar-refractivity contribution < 1.29 is 18.9 Å². The van der Waals surface area contributed by atoms with Crippen molar-refractivity contribution in [3.8, 4) is 0 Å². The maximum atomic E-state index is 5.99. The highest BCUT2D eigenvalue weighted by Gasteiger charge is 2.16. The van der Waals surface area contributed by atoms with E-state index < -0.39 is 0 Å². The van der Waals surface area contributed by atoms with Crippen LogP contribution in [-0.2, 0) is 18.9 Å². The normalized spacial score (nSPS) is 11.6. The van der Waals surface area contributed by atoms with Gasteiger partial charge in [-0.05, 0) is 25.7 Å². The van der Waals surface area contributed by atoms with Crippen molar-refractivity contribution in [1.29, 1.82) is 0 Å². The molecule has 0 heterocycles. The van der Waals surface area contributed by atoms with Gasteiger partial charge >= 0.3 is 0 Å². The maximum Gasteiger partial charge on any atom is 0.183 e. The second-order valence-electron chi connectivity index (χ2n) is 7.23. The van der Waals surface area contributed by atoms with Crippen LogP contribution in [0.5, 0.6) is 0 Å². The van der Waals surface area contributed by atoms with Crippen LogP contribution < -0.4 is 0 Å². The molecule has 0 saturated carbocycles. The fourth-order valence-corrected chi connectivity index (χ4v) is 2.63. The Morgan fingerprint density at radius 3 is 0.964 bits per heavy atom. The molecule has 0 amide bonds. The van der Waals surface area contributed by atoms with E-state index in [1.807, 2.05) is 0 Å². The van der Waals surface area contributed by atoms with E-state index in [0.717, 1.165) is 88.9 Å². The molecule has 0 aliphatic heterocycles. The highest BCUT2D eigenvalue weighted by molar-refractivity contribution is 5.24. The number of rotatable bonds is 18. The molecule has 0 atom stereocenters. The number of unbranched alkanes of at least 4 members (excludes halogenated alkanes) is 4. The summed E-state index contributed by atoms with van der Waals surface area (Å²) in [7, 11) is 0. The molecular formula is C24H42O4. The van der Waals surface area contributed by atoms with Crippen molar-refractivity contribution >= 4 is 0 Å². The van der Waals surface area contributed by atoms with Gasteiger partial charge in [0, 0.05) is 11.1 Å². The topological polar surface area (TPSA) is 36.9 Å². The average molecular weight is 395 g/mol. The van der Waals surface area contributed by atoms with Crippen LogP contribution in [0, 0.1) is 0 Å². The number of benzene rings is 1. The Morgan fingerprint density at radius 2 is 0.750 bits per heavy atom. The van der Waals surface area contributed by atoms with Crippen LogP contribution in [0.1, 0.15) is 103 Å². The van der Waals surface area contributed by atoms with Gasteiger partial charge in [0.05, 0.1) is 26.4 Å². The molecule has 4 nitrogen and oxygen atoms in total. The molecule has 0 unspecified atom stereocenters. The van der Waals surface area contributed by atoms with Gasteiger partial charge < -0.3 is 18.9 Å². The van der Waals surface area contributed by atoms with Gasteiger partial charge in [0.15, 0.2) is 12.6 Å². The molecule has 1 aromatic rings. The minimum absolute atomic E-state index is 0.299. The molecule has 0 radical (unpaired) electrons. The summed E-state index contributed by atoms with van der Waals surface area (Å²) in [6, 6.07) is 8.32. The van der Waals surface area contributed by atoms with Crippen molar-refractivity contribution in [3.63, 3.8) is 0 Å². The first-order chi connectivity index (χ1) is 13.8. The molecule has 162 valence electrons. The first kappa shape index (κ1) is 25.1. The average Bonchev–Trinajstić information content (AvgIpc) is 2.72. The smallest absolute Gasteiger partial charge is 0.183 e. The standard InChI is InChI=1S/C24H42O4/c1-5-9-17-25-23(26-18-10-6-2)21-13-15-22(16-14-21)24(27-19-11-7-3)28-20-12-8-4/h13-16,23-24H,5-12,17-20H2,1-4H3. The molecule has 0 saturated heterocycles. The van der Waals surface area contributed by atoms with E-state index in [2.05, 4.69) is 52.0 Å². The van der Waals surface area contributed by atoms with Crippen LogP contribution in [0.15, 0.2) is 24.3 Å². The minimum atomic E-state index is -0.299. The molecule has 4 heteroatoms. The fourth-order valence-electron chi connectivity index (χ4n) is 2.63. The summed E-state index contributed by atoms with van der Waals surface area (Å²) in [5, 5.41) is 0. The quantitative estimate of drug-likeness (QED) is 0.199. The lowest BCUT2D eigenvalue weighted by Gasteiger charge is -2.22. The van der Waals surface area contributed by atoms with E-state index >= 15 is 0 Å². The molecule has 0 aliphatic rings. The van der Waals surface area contributed by atoms with Gasteiger partial charge in [-0.2, -0.15) is 0 Å². The number of hydrogen-bond acceptors (Lipinski definition) is 4. The van der Waals surface area contributed by atoms with Crippen molar-refractivity contribution in [1.82, 2.24) is 0 Å². The number of hydrogen-bond donors (Lipinski definition) is 0. The highest BCUT2D eigenvalue weighted by atomic mass is 16.7. The summed E-state index contributed by atoms with van der Waals surface area (Å²) in [6.45, 7) is 11.6. The SMILES string of the molecule is CCCCOC(OCCCC)c1ccc(C(OCCCC)OCCCC)cc1. The zero-order valence-electron chi connectivity index (χ0n) is 18.6. The largest absolute Gasteiger partial charge is 0.348 e. The lowest BCUT2D eigenvalue weighted by atomic mass is 10.1. The molecular weight excluding hydrogens is 352 g/mol. The molecule has 0 bridgehead atoms. The van der Waals surface area contributed by atoms with E-state index in [9.17, 15) is 0 Å². The Hall–Kier alpha value is -0.940. The van der Waals surface area contributed by atoms with Crippen LogP contribution in [0.2, 0.25) is 0 Å². The predicted molar refractivity (Wildman–Crippen MR) is 115 cm³/mol. The maximum absolute atomic E-state index is 5.99. The van der Waals surface area contributed by atoms with E-state index in [1.54, 1.807) is 0 Å². The van der Waals surface area contributed by atoms with Gasteiger partial charge in [-0.25, -0.2) is 0 Å². The fraction of sp³-hybridized carbons (Fsp3) is 0.750. The highest BCUT2D eigenvalue weighted by Crippen LogP contribution is 2.25. The van der Waals surface area contributed by atoms with E-state index in [1.165, 1.54) is 0 Å². The second-order valence-corrected chi connectivity index (χ2v) is 7.23. The predicted octanol–water partition coefficient (Wildman–Crippen LogP) is 6.95. The Bertz CT molecular complexity index is 397. The van der Waals surface area contributed by atoms with Gasteiger partial charge in [-0.15, -0.1) is 0 Å². The summed E-state index contributed by atoms with van der Waals surface area (Å²) in [4.78, 5) is 0. The van der Waals surface area contributed by atoms with Crippen LogP contribution in [0.25, 0.3) is 0 Å². The van der Waals surface area contributed by atoms with E-state index in [0.29, 0.717) is 0 Å². The summed E-state index contributed by atoms with van der Waals surface area (Å²) < 4.78 is 24.0. The summed E-state index contributed by atoms with van der Waals surface area (Å²) in [5.74, 6) is 0. The summed E-state index contributed by atoms with van der Waals surface area (Å²) in [5.41, 5.74) is 2.11. The number of ether oxygens (including phenoxy) is 4. The molecule has 0 N–H and O–H groups in total. The van der Waals surface area contributed by atoms with E-state index in [-0.39, 0.29) is 12.6 Å². The first-order valence-electron chi connectivity index (χ1n) is 11.3. The first-order valence-corrected chi connectivity index (χ1v) is 11.3. The Balaban J connectivity index is 2.75. The Morgan fingerprint density at radius 1 is 0.500 bits per heavy atom. The van der Waals surface area contributed by atoms with Crippen molar-refractivity contribution in [2.45, 2.75) is 91.6 Å². The van der Waals surface area contributed by atoms with Gasteiger partial charge in [-0.1, -0.05) is 77.6 Å². The van der Waals surface area contributed by atoms with Crippen molar-refractivity contribution in [2.75, 3.05) is 26.4 Å². The minimum Gasteiger partial charge on any atom is -0.348 e. The third kappa shape index (κ3) is 10.6. The zero-order chi connectivity index (χ0) is 20.5. The molecule has 0 spiro atoms.